The number of amides is 2. The van der Waals surface area contributed by atoms with Gasteiger partial charge in [-0.15, -0.1) is 0 Å². The van der Waals surface area contributed by atoms with E-state index in [2.05, 4.69) is 5.32 Å². The molecule has 1 saturated heterocycles. The number of rotatable bonds is 5. The van der Waals surface area contributed by atoms with Crippen molar-refractivity contribution in [1.82, 2.24) is 9.80 Å². The van der Waals surface area contributed by atoms with Crippen LogP contribution in [0.2, 0.25) is 0 Å². The minimum Gasteiger partial charge on any atom is -0.337 e. The summed E-state index contributed by atoms with van der Waals surface area (Å²) < 4.78 is 38.4. The monoisotopic (exact) mass is 445 g/mol. The van der Waals surface area contributed by atoms with Gasteiger partial charge in [0, 0.05) is 37.9 Å². The fraction of sp³-hybridized carbons (Fsp3) is 0.333. The number of benzene rings is 2. The number of halogens is 3. The zero-order chi connectivity index (χ0) is 23.3. The third-order valence-corrected chi connectivity index (χ3v) is 5.43. The molecule has 5 nitrogen and oxygen atoms in total. The molecule has 0 unspecified atom stereocenters. The van der Waals surface area contributed by atoms with Crippen LogP contribution < -0.4 is 5.32 Å². The number of carbonyl (C=O) groups excluding carboxylic acids is 2. The molecule has 2 aromatic carbocycles. The molecule has 8 heteroatoms. The lowest BCUT2D eigenvalue weighted by molar-refractivity contribution is -0.137. The summed E-state index contributed by atoms with van der Waals surface area (Å²) in [4.78, 5) is 28.5. The van der Waals surface area contributed by atoms with Crippen molar-refractivity contribution in [2.75, 3.05) is 38.0 Å². The second-order valence-electron chi connectivity index (χ2n) is 7.87. The van der Waals surface area contributed by atoms with Crippen molar-refractivity contribution in [1.29, 1.82) is 0 Å². The zero-order valence-electron chi connectivity index (χ0n) is 18.1. The van der Waals surface area contributed by atoms with Gasteiger partial charge in [0.2, 0.25) is 11.8 Å². The molecule has 1 N–H and O–H groups in total. The maximum atomic E-state index is 12.8. The molecule has 0 saturated carbocycles. The summed E-state index contributed by atoms with van der Waals surface area (Å²) in [6, 6.07) is 10.7. The second-order valence-corrected chi connectivity index (χ2v) is 7.87. The molecule has 0 bridgehead atoms. The van der Waals surface area contributed by atoms with Crippen LogP contribution in [0.25, 0.3) is 6.08 Å². The van der Waals surface area contributed by atoms with Gasteiger partial charge >= 0.3 is 6.18 Å². The quantitative estimate of drug-likeness (QED) is 0.705. The number of hydrogen-bond acceptors (Lipinski definition) is 3. The number of piperazine rings is 1. The van der Waals surface area contributed by atoms with Gasteiger partial charge in [0.25, 0.3) is 0 Å². The molecule has 1 heterocycles. The van der Waals surface area contributed by atoms with Crippen molar-refractivity contribution in [3.63, 3.8) is 0 Å². The van der Waals surface area contributed by atoms with E-state index < -0.39 is 11.7 Å². The van der Waals surface area contributed by atoms with Gasteiger partial charge in [-0.05, 0) is 48.7 Å². The Morgan fingerprint density at radius 3 is 2.25 bits per heavy atom. The fourth-order valence-corrected chi connectivity index (χ4v) is 3.61. The minimum absolute atomic E-state index is 0.105. The average Bonchev–Trinajstić information content (AvgIpc) is 2.75. The largest absolute Gasteiger partial charge is 0.416 e. The van der Waals surface area contributed by atoms with Gasteiger partial charge in [-0.1, -0.05) is 30.3 Å². The summed E-state index contributed by atoms with van der Waals surface area (Å²) in [7, 11) is 0. The smallest absolute Gasteiger partial charge is 0.337 e. The number of para-hydroxylation sites is 1. The van der Waals surface area contributed by atoms with Gasteiger partial charge in [-0.3, -0.25) is 14.5 Å². The molecular formula is C24H26F3N3O2. The Bertz CT molecular complexity index is 990. The number of hydrogen-bond donors (Lipinski definition) is 1. The predicted molar refractivity (Wildman–Crippen MR) is 118 cm³/mol. The third-order valence-electron chi connectivity index (χ3n) is 5.43. The van der Waals surface area contributed by atoms with Gasteiger partial charge in [0.15, 0.2) is 0 Å². The van der Waals surface area contributed by atoms with Gasteiger partial charge in [-0.25, -0.2) is 0 Å². The first-order valence-corrected chi connectivity index (χ1v) is 10.4. The van der Waals surface area contributed by atoms with Gasteiger partial charge < -0.3 is 10.2 Å². The molecule has 1 fully saturated rings. The molecular weight excluding hydrogens is 419 g/mol. The Morgan fingerprint density at radius 1 is 1.00 bits per heavy atom. The molecule has 0 atom stereocenters. The molecule has 170 valence electrons. The Labute approximate surface area is 185 Å². The van der Waals surface area contributed by atoms with E-state index in [4.69, 9.17) is 0 Å². The Balaban J connectivity index is 1.49. The van der Waals surface area contributed by atoms with Crippen LogP contribution in [0, 0.1) is 13.8 Å². The number of anilines is 1. The van der Waals surface area contributed by atoms with Crippen LogP contribution in [-0.4, -0.2) is 54.3 Å². The van der Waals surface area contributed by atoms with Crippen molar-refractivity contribution in [2.45, 2.75) is 20.0 Å². The fourth-order valence-electron chi connectivity index (χ4n) is 3.61. The highest BCUT2D eigenvalue weighted by Crippen LogP contribution is 2.29. The lowest BCUT2D eigenvalue weighted by Gasteiger charge is -2.33. The van der Waals surface area contributed by atoms with Crippen molar-refractivity contribution in [3.05, 3.63) is 70.8 Å². The highest BCUT2D eigenvalue weighted by molar-refractivity contribution is 5.94. The van der Waals surface area contributed by atoms with Crippen molar-refractivity contribution in [3.8, 4) is 0 Å². The number of nitrogens with zero attached hydrogens (tertiary/aromatic N) is 2. The maximum absolute atomic E-state index is 12.8. The van der Waals surface area contributed by atoms with E-state index in [1.165, 1.54) is 24.3 Å². The van der Waals surface area contributed by atoms with Crippen LogP contribution in [0.1, 0.15) is 22.3 Å². The van der Waals surface area contributed by atoms with E-state index >= 15 is 0 Å². The highest BCUT2D eigenvalue weighted by Gasteiger charge is 2.30. The second kappa shape index (κ2) is 9.99. The maximum Gasteiger partial charge on any atom is 0.416 e. The Kier molecular flexibility index (Phi) is 7.35. The van der Waals surface area contributed by atoms with E-state index in [9.17, 15) is 22.8 Å². The van der Waals surface area contributed by atoms with Crippen molar-refractivity contribution in [2.24, 2.45) is 0 Å². The molecule has 0 radical (unpaired) electrons. The summed E-state index contributed by atoms with van der Waals surface area (Å²) >= 11 is 0. The Morgan fingerprint density at radius 2 is 1.62 bits per heavy atom. The number of carbonyl (C=O) groups is 2. The summed E-state index contributed by atoms with van der Waals surface area (Å²) in [5.41, 5.74) is 2.39. The third kappa shape index (κ3) is 6.20. The van der Waals surface area contributed by atoms with Crippen molar-refractivity contribution >= 4 is 23.6 Å². The molecule has 32 heavy (non-hydrogen) atoms. The van der Waals surface area contributed by atoms with Crippen LogP contribution >= 0.6 is 0 Å². The highest BCUT2D eigenvalue weighted by atomic mass is 19.4. The minimum atomic E-state index is -4.42. The lowest BCUT2D eigenvalue weighted by atomic mass is 10.1. The van der Waals surface area contributed by atoms with Crippen molar-refractivity contribution < 1.29 is 22.8 Å². The normalized spacial score (nSPS) is 15.2. The van der Waals surface area contributed by atoms with Gasteiger partial charge in [-0.2, -0.15) is 13.2 Å². The summed E-state index contributed by atoms with van der Waals surface area (Å²) in [6.07, 6.45) is -1.74. The van der Waals surface area contributed by atoms with Crippen LogP contribution in [0.4, 0.5) is 18.9 Å². The summed E-state index contributed by atoms with van der Waals surface area (Å²) in [5, 5.41) is 2.96. The molecule has 0 aliphatic carbocycles. The van der Waals surface area contributed by atoms with E-state index in [0.717, 1.165) is 28.9 Å². The summed E-state index contributed by atoms with van der Waals surface area (Å²) in [5.74, 6) is -0.367. The number of aryl methyl sites for hydroxylation is 2. The molecule has 1 aliphatic heterocycles. The molecule has 3 rings (SSSR count). The standard InChI is InChI=1S/C24H26F3N3O2/c1-17-5-3-6-18(2)23(17)28-21(31)16-29-11-13-30(14-12-29)22(32)10-9-19-7-4-8-20(15-19)24(25,26)27/h3-10,15H,11-14,16H2,1-2H3,(H,28,31)/b10-9+. The van der Waals surface area contributed by atoms with Gasteiger partial charge in [0.1, 0.15) is 0 Å². The average molecular weight is 445 g/mol. The molecule has 0 aromatic heterocycles. The van der Waals surface area contributed by atoms with E-state index in [0.29, 0.717) is 31.7 Å². The molecule has 2 aromatic rings. The van der Waals surface area contributed by atoms with Crippen LogP contribution in [0.3, 0.4) is 0 Å². The molecule has 0 spiro atoms. The van der Waals surface area contributed by atoms with Crippen LogP contribution in [0.5, 0.6) is 0 Å². The zero-order valence-corrected chi connectivity index (χ0v) is 18.1. The molecule has 1 aliphatic rings. The number of nitrogens with one attached hydrogen (secondary N) is 1. The first-order chi connectivity index (χ1) is 15.1. The topological polar surface area (TPSA) is 52.7 Å². The van der Waals surface area contributed by atoms with E-state index in [-0.39, 0.29) is 18.4 Å². The van der Waals surface area contributed by atoms with Crippen LogP contribution in [0.15, 0.2) is 48.5 Å². The summed E-state index contributed by atoms with van der Waals surface area (Å²) in [6.45, 7) is 6.10. The van der Waals surface area contributed by atoms with Crippen LogP contribution in [-0.2, 0) is 15.8 Å². The van der Waals surface area contributed by atoms with E-state index in [1.807, 2.05) is 36.9 Å². The van der Waals surface area contributed by atoms with Gasteiger partial charge in [0.05, 0.1) is 12.1 Å². The number of alkyl halides is 3. The molecule has 2 amide bonds. The van der Waals surface area contributed by atoms with E-state index in [1.54, 1.807) is 4.90 Å². The predicted octanol–water partition coefficient (Wildman–Crippen LogP) is 4.12. The SMILES string of the molecule is Cc1cccc(C)c1NC(=O)CN1CCN(C(=O)/C=C/c2cccc(C(F)(F)F)c2)CC1. The lowest BCUT2D eigenvalue weighted by Crippen LogP contribution is -2.50. The first kappa shape index (κ1) is 23.5. The first-order valence-electron chi connectivity index (χ1n) is 10.4. The Hall–Kier alpha value is -3.13.